The highest BCUT2D eigenvalue weighted by Gasteiger charge is 2.06. The van der Waals surface area contributed by atoms with Gasteiger partial charge in [-0.2, -0.15) is 11.3 Å². The summed E-state index contributed by atoms with van der Waals surface area (Å²) in [6.07, 6.45) is 12.9. The van der Waals surface area contributed by atoms with Crippen molar-refractivity contribution in [2.45, 2.75) is 71.1 Å². The van der Waals surface area contributed by atoms with Crippen molar-refractivity contribution in [1.29, 1.82) is 0 Å². The van der Waals surface area contributed by atoms with Crippen molar-refractivity contribution in [2.24, 2.45) is 0 Å². The van der Waals surface area contributed by atoms with Crippen LogP contribution in [0.5, 0.6) is 5.75 Å². The van der Waals surface area contributed by atoms with E-state index >= 15 is 0 Å². The lowest BCUT2D eigenvalue weighted by atomic mass is 10.1. The van der Waals surface area contributed by atoms with Gasteiger partial charge in [-0.3, -0.25) is 0 Å². The first-order valence-corrected chi connectivity index (χ1v) is 10.7. The van der Waals surface area contributed by atoms with Crippen molar-refractivity contribution in [2.75, 3.05) is 6.61 Å². The number of benzene rings is 1. The van der Waals surface area contributed by atoms with E-state index in [1.165, 1.54) is 63.9 Å². The minimum atomic E-state index is -0.272. The van der Waals surface area contributed by atoms with Gasteiger partial charge in [0.25, 0.3) is 0 Å². The summed E-state index contributed by atoms with van der Waals surface area (Å²) < 4.78 is 19.6. The Kier molecular flexibility index (Phi) is 9.65. The second kappa shape index (κ2) is 12.1. The largest absolute Gasteiger partial charge is 0.490 e. The van der Waals surface area contributed by atoms with Crippen LogP contribution in [0.4, 0.5) is 4.39 Å². The molecule has 0 aliphatic heterocycles. The average molecular weight is 363 g/mol. The van der Waals surface area contributed by atoms with Crippen molar-refractivity contribution < 1.29 is 9.13 Å². The molecule has 2 aromatic rings. The summed E-state index contributed by atoms with van der Waals surface area (Å²) in [6.45, 7) is 2.85. The van der Waals surface area contributed by atoms with Crippen molar-refractivity contribution in [1.82, 2.24) is 0 Å². The van der Waals surface area contributed by atoms with E-state index < -0.39 is 0 Å². The molecule has 0 bridgehead atoms. The summed E-state index contributed by atoms with van der Waals surface area (Å²) in [5, 5.41) is 4.10. The van der Waals surface area contributed by atoms with E-state index in [-0.39, 0.29) is 5.82 Å². The molecule has 1 nitrogen and oxygen atoms in total. The highest BCUT2D eigenvalue weighted by Crippen LogP contribution is 2.28. The Morgan fingerprint density at radius 1 is 0.840 bits per heavy atom. The first-order valence-electron chi connectivity index (χ1n) is 9.76. The van der Waals surface area contributed by atoms with Crippen LogP contribution < -0.4 is 4.74 Å². The zero-order chi connectivity index (χ0) is 17.7. The third kappa shape index (κ3) is 7.60. The second-order valence-corrected chi connectivity index (χ2v) is 7.47. The molecule has 0 radical (unpaired) electrons. The van der Waals surface area contributed by atoms with E-state index in [9.17, 15) is 4.39 Å². The molecule has 0 aliphatic rings. The lowest BCUT2D eigenvalue weighted by Crippen LogP contribution is -1.99. The van der Waals surface area contributed by atoms with Crippen LogP contribution in [-0.2, 0) is 0 Å². The van der Waals surface area contributed by atoms with E-state index in [0.29, 0.717) is 12.4 Å². The Hall–Kier alpha value is -1.35. The third-order valence-electron chi connectivity index (χ3n) is 4.54. The molecule has 1 heterocycles. The van der Waals surface area contributed by atoms with Gasteiger partial charge in [-0.1, -0.05) is 70.8 Å². The van der Waals surface area contributed by atoms with Crippen LogP contribution >= 0.6 is 11.3 Å². The smallest absolute Gasteiger partial charge is 0.165 e. The van der Waals surface area contributed by atoms with Crippen LogP contribution in [0.3, 0.4) is 0 Å². The molecule has 0 amide bonds. The maximum atomic E-state index is 13.9. The van der Waals surface area contributed by atoms with Gasteiger partial charge in [-0.15, -0.1) is 0 Å². The molecule has 25 heavy (non-hydrogen) atoms. The summed E-state index contributed by atoms with van der Waals surface area (Å²) in [4.78, 5) is 0. The zero-order valence-corrected chi connectivity index (χ0v) is 16.3. The lowest BCUT2D eigenvalue weighted by molar-refractivity contribution is 0.290. The van der Waals surface area contributed by atoms with Crippen molar-refractivity contribution in [3.8, 4) is 16.9 Å². The fourth-order valence-corrected chi connectivity index (χ4v) is 3.66. The molecular formula is C22H31FOS. The van der Waals surface area contributed by atoms with Crippen LogP contribution in [0.1, 0.15) is 71.1 Å². The molecule has 0 N–H and O–H groups in total. The topological polar surface area (TPSA) is 9.23 Å². The molecule has 0 spiro atoms. The van der Waals surface area contributed by atoms with Crippen molar-refractivity contribution in [3.63, 3.8) is 0 Å². The molecule has 0 saturated carbocycles. The van der Waals surface area contributed by atoms with Gasteiger partial charge < -0.3 is 4.74 Å². The monoisotopic (exact) mass is 362 g/mol. The quantitative estimate of drug-likeness (QED) is 0.330. The van der Waals surface area contributed by atoms with E-state index in [1.807, 2.05) is 23.6 Å². The van der Waals surface area contributed by atoms with Gasteiger partial charge >= 0.3 is 0 Å². The number of thiophene rings is 1. The van der Waals surface area contributed by atoms with Crippen molar-refractivity contribution >= 4 is 11.3 Å². The standard InChI is InChI=1S/C22H31FOS/c1-2-3-4-5-6-7-8-9-10-11-15-24-22-17-19(12-13-21(22)23)20-14-16-25-18-20/h12-14,16-18H,2-11,15H2,1H3. The Bertz CT molecular complexity index is 580. The van der Waals surface area contributed by atoms with Gasteiger partial charge in [-0.25, -0.2) is 4.39 Å². The molecule has 0 atom stereocenters. The number of hydrogen-bond donors (Lipinski definition) is 0. The van der Waals surface area contributed by atoms with Crippen molar-refractivity contribution in [3.05, 3.63) is 40.8 Å². The van der Waals surface area contributed by atoms with Crippen LogP contribution in [0.25, 0.3) is 11.1 Å². The van der Waals surface area contributed by atoms with Gasteiger partial charge in [0.2, 0.25) is 0 Å². The van der Waals surface area contributed by atoms with Gasteiger partial charge in [0, 0.05) is 0 Å². The molecule has 0 saturated heterocycles. The second-order valence-electron chi connectivity index (χ2n) is 6.69. The number of ether oxygens (including phenoxy) is 1. The van der Waals surface area contributed by atoms with Crippen LogP contribution in [0.2, 0.25) is 0 Å². The predicted octanol–water partition coefficient (Wildman–Crippen LogP) is 7.85. The maximum absolute atomic E-state index is 13.9. The van der Waals surface area contributed by atoms with Crippen LogP contribution in [0.15, 0.2) is 35.0 Å². The Morgan fingerprint density at radius 2 is 1.52 bits per heavy atom. The molecule has 3 heteroatoms. The number of hydrogen-bond acceptors (Lipinski definition) is 2. The Morgan fingerprint density at radius 3 is 2.16 bits per heavy atom. The summed E-state index contributed by atoms with van der Waals surface area (Å²) in [5.74, 6) is 0.102. The Labute approximate surface area is 156 Å². The summed E-state index contributed by atoms with van der Waals surface area (Å²) in [7, 11) is 0. The van der Waals surface area contributed by atoms with E-state index in [1.54, 1.807) is 11.3 Å². The number of rotatable bonds is 13. The molecular weight excluding hydrogens is 331 g/mol. The van der Waals surface area contributed by atoms with Gasteiger partial charge in [0.1, 0.15) is 0 Å². The normalized spacial score (nSPS) is 11.0. The van der Waals surface area contributed by atoms with E-state index in [4.69, 9.17) is 4.74 Å². The zero-order valence-electron chi connectivity index (χ0n) is 15.4. The van der Waals surface area contributed by atoms with Crippen LogP contribution in [0, 0.1) is 5.82 Å². The maximum Gasteiger partial charge on any atom is 0.165 e. The first-order chi connectivity index (χ1) is 12.3. The fraction of sp³-hybridized carbons (Fsp3) is 0.545. The third-order valence-corrected chi connectivity index (χ3v) is 5.22. The number of halogens is 1. The summed E-state index contributed by atoms with van der Waals surface area (Å²) in [6, 6.07) is 7.17. The fourth-order valence-electron chi connectivity index (χ4n) is 2.99. The van der Waals surface area contributed by atoms with Gasteiger partial charge in [0.05, 0.1) is 6.61 Å². The highest BCUT2D eigenvalue weighted by atomic mass is 32.1. The van der Waals surface area contributed by atoms with Crippen LogP contribution in [-0.4, -0.2) is 6.61 Å². The molecule has 2 rings (SSSR count). The highest BCUT2D eigenvalue weighted by molar-refractivity contribution is 7.08. The first kappa shape index (κ1) is 20.0. The molecule has 0 fully saturated rings. The molecule has 1 aromatic heterocycles. The van der Waals surface area contributed by atoms with E-state index in [2.05, 4.69) is 12.3 Å². The predicted molar refractivity (Wildman–Crippen MR) is 107 cm³/mol. The average Bonchev–Trinajstić information content (AvgIpc) is 3.16. The van der Waals surface area contributed by atoms with E-state index in [0.717, 1.165) is 17.5 Å². The molecule has 0 aliphatic carbocycles. The molecule has 138 valence electrons. The molecule has 1 aromatic carbocycles. The summed E-state index contributed by atoms with van der Waals surface area (Å²) in [5.41, 5.74) is 2.13. The summed E-state index contributed by atoms with van der Waals surface area (Å²) >= 11 is 1.65. The number of unbranched alkanes of at least 4 members (excludes halogenated alkanes) is 9. The minimum Gasteiger partial charge on any atom is -0.490 e. The SMILES string of the molecule is CCCCCCCCCCCCOc1cc(-c2ccsc2)ccc1F. The lowest BCUT2D eigenvalue weighted by Gasteiger charge is -2.09. The Balaban J connectivity index is 1.58. The minimum absolute atomic E-state index is 0.272. The van der Waals surface area contributed by atoms with Gasteiger partial charge in [0.15, 0.2) is 11.6 Å². The molecule has 0 unspecified atom stereocenters. The van der Waals surface area contributed by atoms with Gasteiger partial charge in [-0.05, 0) is 46.5 Å².